The van der Waals surface area contributed by atoms with Gasteiger partial charge in [0.15, 0.2) is 0 Å². The quantitative estimate of drug-likeness (QED) is 0.368. The van der Waals surface area contributed by atoms with E-state index in [0.717, 1.165) is 31.3 Å². The maximum absolute atomic E-state index is 12.7. The molecule has 6 unspecified atom stereocenters. The van der Waals surface area contributed by atoms with Gasteiger partial charge in [-0.05, 0) is 99.2 Å². The van der Waals surface area contributed by atoms with Crippen LogP contribution in [0, 0.1) is 50.7 Å². The molecule has 0 aliphatic heterocycles. The number of allylic oxidation sites excluding steroid dienone is 2. The normalized spacial score (nSPS) is 54.2. The summed E-state index contributed by atoms with van der Waals surface area (Å²) in [4.78, 5) is 24.9. The molecule has 202 valence electrons. The van der Waals surface area contributed by atoms with E-state index in [9.17, 15) is 35.1 Å². The fourth-order valence-corrected chi connectivity index (χ4v) is 10.5. The summed E-state index contributed by atoms with van der Waals surface area (Å²) in [6.45, 7) is 8.07. The van der Waals surface area contributed by atoms with E-state index in [2.05, 4.69) is 19.9 Å². The molecule has 11 atom stereocenters. The molecule has 5 N–H and O–H groups in total. The van der Waals surface area contributed by atoms with Gasteiger partial charge < -0.3 is 25.5 Å². The maximum atomic E-state index is 12.7. The van der Waals surface area contributed by atoms with Crippen molar-refractivity contribution in [2.24, 2.45) is 50.7 Å². The van der Waals surface area contributed by atoms with Crippen molar-refractivity contribution in [3.05, 3.63) is 11.6 Å². The van der Waals surface area contributed by atoms with Gasteiger partial charge >= 0.3 is 11.9 Å². The highest BCUT2D eigenvalue weighted by Crippen LogP contribution is 2.72. The lowest BCUT2D eigenvalue weighted by Crippen LogP contribution is -2.66. The van der Waals surface area contributed by atoms with Crippen molar-refractivity contribution in [3.63, 3.8) is 0 Å². The molecule has 0 radical (unpaired) electrons. The van der Waals surface area contributed by atoms with E-state index >= 15 is 0 Å². The Morgan fingerprint density at radius 3 is 2.17 bits per heavy atom. The third kappa shape index (κ3) is 3.14. The monoisotopic (exact) mass is 504 g/mol. The molecule has 4 fully saturated rings. The largest absolute Gasteiger partial charge is 0.481 e. The van der Waals surface area contributed by atoms with Gasteiger partial charge in [0, 0.05) is 5.41 Å². The smallest absolute Gasteiger partial charge is 0.310 e. The average molecular weight is 505 g/mol. The van der Waals surface area contributed by atoms with Crippen LogP contribution < -0.4 is 0 Å². The molecule has 0 saturated heterocycles. The number of aliphatic carboxylic acids is 2. The molecule has 5 aliphatic carbocycles. The van der Waals surface area contributed by atoms with Gasteiger partial charge in [0.1, 0.15) is 0 Å². The number of hydrogen-bond acceptors (Lipinski definition) is 5. The average Bonchev–Trinajstić information content (AvgIpc) is 2.82. The van der Waals surface area contributed by atoms with Crippen LogP contribution in [0.1, 0.15) is 85.5 Å². The van der Waals surface area contributed by atoms with Gasteiger partial charge in [-0.15, -0.1) is 0 Å². The zero-order valence-corrected chi connectivity index (χ0v) is 22.2. The Morgan fingerprint density at radius 1 is 0.861 bits per heavy atom. The molecule has 7 nitrogen and oxygen atoms in total. The second-order valence-electron chi connectivity index (χ2n) is 14.2. The van der Waals surface area contributed by atoms with E-state index in [4.69, 9.17) is 0 Å². The van der Waals surface area contributed by atoms with Gasteiger partial charge in [0.05, 0.1) is 29.6 Å². The third-order valence-electron chi connectivity index (χ3n) is 12.6. The first-order valence-corrected chi connectivity index (χ1v) is 13.8. The van der Waals surface area contributed by atoms with Crippen LogP contribution in [-0.4, -0.2) is 56.3 Å². The zero-order valence-electron chi connectivity index (χ0n) is 22.2. The SMILES string of the molecule is C[C@]1(C(=O)O)CCC2(C(=O)O)CCC3C(=CCC4[C@@]5(C)C[C@H](O)C(O)[C@@](C)(CO)C5CC[C@@]34C)C2C1. The Balaban J connectivity index is 1.57. The van der Waals surface area contributed by atoms with Crippen LogP contribution in [0.2, 0.25) is 0 Å². The fraction of sp³-hybridized carbons (Fsp3) is 0.862. The van der Waals surface area contributed by atoms with Crippen LogP contribution in [0.4, 0.5) is 0 Å². The van der Waals surface area contributed by atoms with Gasteiger partial charge in [0.2, 0.25) is 0 Å². The van der Waals surface area contributed by atoms with Crippen LogP contribution in [0.25, 0.3) is 0 Å². The van der Waals surface area contributed by atoms with Crippen LogP contribution >= 0.6 is 0 Å². The summed E-state index contributed by atoms with van der Waals surface area (Å²) in [6.07, 6.45) is 5.92. The lowest BCUT2D eigenvalue weighted by molar-refractivity contribution is -0.234. The summed E-state index contributed by atoms with van der Waals surface area (Å²) < 4.78 is 0. The highest BCUT2D eigenvalue weighted by molar-refractivity contribution is 5.79. The number of carboxylic acid groups (broad SMARTS) is 2. The highest BCUT2D eigenvalue weighted by Gasteiger charge is 2.68. The number of rotatable bonds is 3. The van der Waals surface area contributed by atoms with Crippen LogP contribution in [-0.2, 0) is 9.59 Å². The Labute approximate surface area is 214 Å². The van der Waals surface area contributed by atoms with E-state index in [0.29, 0.717) is 32.1 Å². The summed E-state index contributed by atoms with van der Waals surface area (Å²) in [5.74, 6) is -1.40. The Kier molecular flexibility index (Phi) is 5.84. The van der Waals surface area contributed by atoms with Crippen molar-refractivity contribution in [3.8, 4) is 0 Å². The first-order chi connectivity index (χ1) is 16.7. The minimum Gasteiger partial charge on any atom is -0.481 e. The lowest BCUT2D eigenvalue weighted by Gasteiger charge is -2.68. The molecule has 0 heterocycles. The number of carboxylic acids is 2. The highest BCUT2D eigenvalue weighted by atomic mass is 16.4. The van der Waals surface area contributed by atoms with Gasteiger partial charge in [-0.2, -0.15) is 0 Å². The minimum absolute atomic E-state index is 0.0770. The minimum atomic E-state index is -0.957. The maximum Gasteiger partial charge on any atom is 0.310 e. The topological polar surface area (TPSA) is 135 Å². The molecule has 4 saturated carbocycles. The van der Waals surface area contributed by atoms with E-state index in [1.807, 2.05) is 6.92 Å². The second-order valence-corrected chi connectivity index (χ2v) is 14.2. The molecule has 0 aromatic rings. The summed E-state index contributed by atoms with van der Waals surface area (Å²) in [5, 5.41) is 52.5. The molecule has 5 rings (SSSR count). The third-order valence-corrected chi connectivity index (χ3v) is 12.6. The van der Waals surface area contributed by atoms with Crippen molar-refractivity contribution in [1.82, 2.24) is 0 Å². The van der Waals surface area contributed by atoms with Crippen molar-refractivity contribution < 1.29 is 35.1 Å². The number of aliphatic hydroxyl groups excluding tert-OH is 3. The van der Waals surface area contributed by atoms with E-state index in [1.54, 1.807) is 6.92 Å². The first kappa shape index (κ1) is 26.2. The molecule has 5 aliphatic rings. The van der Waals surface area contributed by atoms with Gasteiger partial charge in [0.25, 0.3) is 0 Å². The van der Waals surface area contributed by atoms with Crippen molar-refractivity contribution in [1.29, 1.82) is 0 Å². The van der Waals surface area contributed by atoms with Crippen molar-refractivity contribution >= 4 is 11.9 Å². The molecule has 7 heteroatoms. The van der Waals surface area contributed by atoms with Gasteiger partial charge in [-0.1, -0.05) is 32.4 Å². The number of fused-ring (bicyclic) bond motifs is 7. The predicted molar refractivity (Wildman–Crippen MR) is 133 cm³/mol. The summed E-state index contributed by atoms with van der Waals surface area (Å²) in [7, 11) is 0. The van der Waals surface area contributed by atoms with E-state index < -0.39 is 40.4 Å². The van der Waals surface area contributed by atoms with Crippen molar-refractivity contribution in [2.75, 3.05) is 6.61 Å². The Bertz CT molecular complexity index is 992. The first-order valence-electron chi connectivity index (χ1n) is 13.8. The molecule has 0 aromatic heterocycles. The number of carbonyl (C=O) groups is 2. The van der Waals surface area contributed by atoms with Crippen LogP contribution in [0.15, 0.2) is 11.6 Å². The summed E-state index contributed by atoms with van der Waals surface area (Å²) in [6, 6.07) is 0. The predicted octanol–water partition coefficient (Wildman–Crippen LogP) is 3.85. The number of hydrogen-bond donors (Lipinski definition) is 5. The Hall–Kier alpha value is -1.44. The molecule has 36 heavy (non-hydrogen) atoms. The van der Waals surface area contributed by atoms with Gasteiger partial charge in [-0.25, -0.2) is 0 Å². The summed E-state index contributed by atoms with van der Waals surface area (Å²) >= 11 is 0. The fourth-order valence-electron chi connectivity index (χ4n) is 10.5. The van der Waals surface area contributed by atoms with Crippen molar-refractivity contribution in [2.45, 2.75) is 97.7 Å². The standard InChI is InChI=1S/C29H44O7/c1-25(23(33)34)11-12-29(24(35)36)10-7-17-16(18(29)13-25)5-6-20-26(17,2)9-8-21-27(20,3)14-19(31)22(32)28(21,4)15-30/h5,17-22,30-32H,6-15H2,1-4H3,(H,33,34)(H,35,36)/t17?,18?,19-,20?,21?,22?,25-,26-,27+,28-,29?/m0/s1. The van der Waals surface area contributed by atoms with E-state index in [1.165, 1.54) is 0 Å². The molecule has 0 spiro atoms. The Morgan fingerprint density at radius 2 is 1.56 bits per heavy atom. The van der Waals surface area contributed by atoms with Crippen LogP contribution in [0.5, 0.6) is 0 Å². The second kappa shape index (κ2) is 8.03. The molecular formula is C29H44O7. The molecule has 0 bridgehead atoms. The zero-order chi connectivity index (χ0) is 26.5. The molecule has 0 amide bonds. The van der Waals surface area contributed by atoms with E-state index in [-0.39, 0.29) is 41.1 Å². The summed E-state index contributed by atoms with van der Waals surface area (Å²) in [5.41, 5.74) is -1.78. The van der Waals surface area contributed by atoms with Gasteiger partial charge in [-0.3, -0.25) is 9.59 Å². The lowest BCUT2D eigenvalue weighted by atomic mass is 9.36. The number of aliphatic hydroxyl groups is 3. The molecule has 0 aromatic carbocycles. The molecular weight excluding hydrogens is 460 g/mol. The van der Waals surface area contributed by atoms with Crippen LogP contribution in [0.3, 0.4) is 0 Å².